The summed E-state index contributed by atoms with van der Waals surface area (Å²) >= 11 is 0. The van der Waals surface area contributed by atoms with Crippen LogP contribution in [0, 0.1) is 5.92 Å². The van der Waals surface area contributed by atoms with Crippen LogP contribution in [0.15, 0.2) is 24.3 Å². The number of carbonyl (C=O) groups excluding carboxylic acids is 1. The fourth-order valence-corrected chi connectivity index (χ4v) is 4.17. The summed E-state index contributed by atoms with van der Waals surface area (Å²) in [5, 5.41) is 0. The van der Waals surface area contributed by atoms with E-state index in [1.165, 1.54) is 32.1 Å². The molecule has 1 saturated carbocycles. The first-order chi connectivity index (χ1) is 13.6. The minimum Gasteiger partial charge on any atom is -0.494 e. The largest absolute Gasteiger partial charge is 0.494 e. The predicted molar refractivity (Wildman–Crippen MR) is 110 cm³/mol. The molecule has 2 aliphatic rings. The quantitative estimate of drug-likeness (QED) is 0.607. The highest BCUT2D eigenvalue weighted by Gasteiger charge is 2.38. The van der Waals surface area contributed by atoms with Gasteiger partial charge in [0.1, 0.15) is 5.75 Å². The molecule has 1 spiro atoms. The first-order valence-electron chi connectivity index (χ1n) is 10.8. The van der Waals surface area contributed by atoms with Crippen LogP contribution in [0.2, 0.25) is 0 Å². The molecule has 3 rings (SSSR count). The lowest BCUT2D eigenvalue weighted by Crippen LogP contribution is -2.43. The number of hydrogen-bond donors (Lipinski definition) is 0. The molecular formula is C23H35NO4. The van der Waals surface area contributed by atoms with Gasteiger partial charge in [-0.2, -0.15) is 0 Å². The van der Waals surface area contributed by atoms with Crippen LogP contribution in [-0.2, 0) is 9.47 Å². The molecule has 1 heterocycles. The highest BCUT2D eigenvalue weighted by molar-refractivity contribution is 5.93. The van der Waals surface area contributed by atoms with Crippen molar-refractivity contribution < 1.29 is 19.0 Å². The predicted octanol–water partition coefficient (Wildman–Crippen LogP) is 4.65. The second-order valence-corrected chi connectivity index (χ2v) is 8.33. The molecule has 5 heteroatoms. The van der Waals surface area contributed by atoms with E-state index in [0.717, 1.165) is 57.2 Å². The fraction of sp³-hybridized carbons (Fsp3) is 0.696. The van der Waals surface area contributed by atoms with Gasteiger partial charge in [-0.3, -0.25) is 4.79 Å². The van der Waals surface area contributed by atoms with Gasteiger partial charge in [-0.1, -0.05) is 19.3 Å². The Kier molecular flexibility index (Phi) is 7.74. The molecule has 0 bridgehead atoms. The minimum atomic E-state index is -0.241. The lowest BCUT2D eigenvalue weighted by molar-refractivity contribution is -0.283. The highest BCUT2D eigenvalue weighted by Crippen LogP contribution is 2.39. The van der Waals surface area contributed by atoms with Crippen molar-refractivity contribution >= 4 is 5.91 Å². The molecule has 1 aliphatic carbocycles. The van der Waals surface area contributed by atoms with Gasteiger partial charge in [0, 0.05) is 32.5 Å². The van der Waals surface area contributed by atoms with Crippen LogP contribution in [-0.4, -0.2) is 50.5 Å². The molecule has 0 atom stereocenters. The summed E-state index contributed by atoms with van der Waals surface area (Å²) in [6.45, 7) is 2.45. The van der Waals surface area contributed by atoms with Crippen molar-refractivity contribution in [1.29, 1.82) is 0 Å². The zero-order valence-corrected chi connectivity index (χ0v) is 17.5. The fourth-order valence-electron chi connectivity index (χ4n) is 4.17. The summed E-state index contributed by atoms with van der Waals surface area (Å²) in [4.78, 5) is 13.5. The number of ether oxygens (including phenoxy) is 3. The number of hydrogen-bond acceptors (Lipinski definition) is 4. The summed E-state index contributed by atoms with van der Waals surface area (Å²) in [5.74, 6) is 1.43. The number of nitrogens with zero attached hydrogens (tertiary/aromatic N) is 1. The van der Waals surface area contributed by atoms with Gasteiger partial charge in [0.05, 0.1) is 19.8 Å². The number of carbonyl (C=O) groups is 1. The van der Waals surface area contributed by atoms with E-state index in [4.69, 9.17) is 14.2 Å². The number of unbranched alkanes of at least 4 members (excludes halogenated alkanes) is 2. The average Bonchev–Trinajstić information content (AvgIpc) is 2.72. The maximum atomic E-state index is 11.9. The maximum Gasteiger partial charge on any atom is 0.253 e. The van der Waals surface area contributed by atoms with Crippen molar-refractivity contribution in [3.8, 4) is 5.75 Å². The van der Waals surface area contributed by atoms with Crippen LogP contribution in [0.3, 0.4) is 0 Å². The molecule has 0 aromatic heterocycles. The maximum absolute atomic E-state index is 11.9. The van der Waals surface area contributed by atoms with Crippen molar-refractivity contribution in [2.24, 2.45) is 5.92 Å². The summed E-state index contributed by atoms with van der Waals surface area (Å²) in [5.41, 5.74) is 0.690. The lowest BCUT2D eigenvalue weighted by atomic mass is 9.82. The second kappa shape index (κ2) is 10.3. The molecule has 0 N–H and O–H groups in total. The molecule has 1 aliphatic heterocycles. The molecule has 1 amide bonds. The summed E-state index contributed by atoms with van der Waals surface area (Å²) in [6.07, 6.45) is 10.5. The highest BCUT2D eigenvalue weighted by atomic mass is 16.7. The van der Waals surface area contributed by atoms with Gasteiger partial charge in [-0.15, -0.1) is 0 Å². The van der Waals surface area contributed by atoms with E-state index in [0.29, 0.717) is 5.56 Å². The Hall–Kier alpha value is -1.59. The van der Waals surface area contributed by atoms with Gasteiger partial charge >= 0.3 is 0 Å². The molecule has 156 valence electrons. The van der Waals surface area contributed by atoms with E-state index in [2.05, 4.69) is 0 Å². The zero-order valence-electron chi connectivity index (χ0n) is 17.5. The monoisotopic (exact) mass is 389 g/mol. The molecule has 5 nitrogen and oxygen atoms in total. The Morgan fingerprint density at radius 2 is 1.75 bits per heavy atom. The first kappa shape index (κ1) is 21.1. The van der Waals surface area contributed by atoms with E-state index < -0.39 is 0 Å². The molecular weight excluding hydrogens is 354 g/mol. The van der Waals surface area contributed by atoms with Crippen LogP contribution in [0.5, 0.6) is 5.75 Å². The van der Waals surface area contributed by atoms with E-state index >= 15 is 0 Å². The molecule has 28 heavy (non-hydrogen) atoms. The number of benzene rings is 1. The summed E-state index contributed by atoms with van der Waals surface area (Å²) in [7, 11) is 3.52. The molecule has 0 unspecified atom stereocenters. The Morgan fingerprint density at radius 3 is 2.39 bits per heavy atom. The van der Waals surface area contributed by atoms with Crippen LogP contribution in [0.4, 0.5) is 0 Å². The third-order valence-electron chi connectivity index (χ3n) is 5.92. The Bertz CT molecular complexity index is 598. The molecule has 0 radical (unpaired) electrons. The number of rotatable bonds is 8. The van der Waals surface area contributed by atoms with E-state index in [9.17, 15) is 4.79 Å². The SMILES string of the molecule is CN(C)C(=O)c1ccc(OCCCCCC2CCC3(CC2)OCCCO3)cc1. The topological polar surface area (TPSA) is 48.0 Å². The van der Waals surface area contributed by atoms with Crippen LogP contribution >= 0.6 is 0 Å². The van der Waals surface area contributed by atoms with Crippen LogP contribution in [0.25, 0.3) is 0 Å². The van der Waals surface area contributed by atoms with E-state index in [1.54, 1.807) is 19.0 Å². The summed E-state index contributed by atoms with van der Waals surface area (Å²) < 4.78 is 17.7. The first-order valence-corrected chi connectivity index (χ1v) is 10.8. The van der Waals surface area contributed by atoms with Crippen molar-refractivity contribution in [1.82, 2.24) is 4.90 Å². The number of amides is 1. The minimum absolute atomic E-state index is 0.0156. The third kappa shape index (κ3) is 5.95. The molecule has 1 saturated heterocycles. The third-order valence-corrected chi connectivity index (χ3v) is 5.92. The van der Waals surface area contributed by atoms with Gasteiger partial charge in [0.15, 0.2) is 5.79 Å². The normalized spacial score (nSPS) is 19.5. The average molecular weight is 390 g/mol. The van der Waals surface area contributed by atoms with Gasteiger partial charge < -0.3 is 19.1 Å². The summed E-state index contributed by atoms with van der Waals surface area (Å²) in [6, 6.07) is 7.41. The van der Waals surface area contributed by atoms with E-state index in [1.807, 2.05) is 24.3 Å². The van der Waals surface area contributed by atoms with Crippen molar-refractivity contribution in [2.45, 2.75) is 63.6 Å². The van der Waals surface area contributed by atoms with Crippen LogP contribution < -0.4 is 4.74 Å². The second-order valence-electron chi connectivity index (χ2n) is 8.33. The van der Waals surface area contributed by atoms with Crippen molar-refractivity contribution in [2.75, 3.05) is 33.9 Å². The van der Waals surface area contributed by atoms with Gasteiger partial charge in [0.25, 0.3) is 5.91 Å². The molecule has 2 fully saturated rings. The Balaban J connectivity index is 1.25. The van der Waals surface area contributed by atoms with Gasteiger partial charge in [-0.05, 0) is 55.9 Å². The Morgan fingerprint density at radius 1 is 1.07 bits per heavy atom. The van der Waals surface area contributed by atoms with Crippen molar-refractivity contribution in [3.05, 3.63) is 29.8 Å². The molecule has 1 aromatic rings. The Labute approximate surface area is 169 Å². The van der Waals surface area contributed by atoms with Crippen LogP contribution in [0.1, 0.15) is 68.1 Å². The zero-order chi connectivity index (χ0) is 19.8. The molecule has 1 aromatic carbocycles. The smallest absolute Gasteiger partial charge is 0.253 e. The van der Waals surface area contributed by atoms with Crippen molar-refractivity contribution in [3.63, 3.8) is 0 Å². The standard InChI is InChI=1S/C23H35NO4/c1-24(2)22(25)20-8-10-21(11-9-20)26-16-5-3-4-7-19-12-14-23(15-13-19)27-17-6-18-28-23/h8-11,19H,3-7,12-18H2,1-2H3. The van der Waals surface area contributed by atoms with Gasteiger partial charge in [0.2, 0.25) is 0 Å². The van der Waals surface area contributed by atoms with Gasteiger partial charge in [-0.25, -0.2) is 0 Å². The van der Waals surface area contributed by atoms with E-state index in [-0.39, 0.29) is 11.7 Å². The lowest BCUT2D eigenvalue weighted by Gasteiger charge is -2.42.